The van der Waals surface area contributed by atoms with Gasteiger partial charge in [-0.05, 0) is 68.2 Å². The van der Waals surface area contributed by atoms with Gasteiger partial charge in [0.1, 0.15) is 10.6 Å². The first kappa shape index (κ1) is 27.6. The minimum Gasteiger partial charge on any atom is -0.465 e. The Morgan fingerprint density at radius 1 is 0.950 bits per heavy atom. The van der Waals surface area contributed by atoms with Crippen molar-refractivity contribution < 1.29 is 30.6 Å². The smallest absolute Gasteiger partial charge is 0.339 e. The standard InChI is InChI=1S/C29H28N2O7S2/c1-20-12-14-25(15-13-20)40(35,36)38-27(16-21-8-6-7-9-21)26-18-22-17-23(29(32)37-2)19-30-28(22)31(26)39(33,34)24-10-4-3-5-11-24/h3-5,10-19,21H,6-9H2,1-2H3/b27-16-. The van der Waals surface area contributed by atoms with Crippen LogP contribution in [0.2, 0.25) is 0 Å². The average molecular weight is 581 g/mol. The van der Waals surface area contributed by atoms with E-state index in [-0.39, 0.29) is 38.4 Å². The number of aromatic nitrogens is 2. The van der Waals surface area contributed by atoms with Crippen molar-refractivity contribution >= 4 is 42.9 Å². The molecule has 2 aromatic heterocycles. The van der Waals surface area contributed by atoms with E-state index in [0.717, 1.165) is 35.2 Å². The van der Waals surface area contributed by atoms with E-state index in [4.69, 9.17) is 8.92 Å². The maximum atomic E-state index is 14.0. The van der Waals surface area contributed by atoms with Crippen LogP contribution in [0.5, 0.6) is 0 Å². The van der Waals surface area contributed by atoms with Crippen molar-refractivity contribution in [1.82, 2.24) is 8.96 Å². The second-order valence-electron chi connectivity index (χ2n) is 9.67. The van der Waals surface area contributed by atoms with Crippen molar-refractivity contribution in [2.75, 3.05) is 7.11 Å². The fraction of sp³-hybridized carbons (Fsp3) is 0.241. The Morgan fingerprint density at radius 2 is 1.62 bits per heavy atom. The molecule has 0 bridgehead atoms. The summed E-state index contributed by atoms with van der Waals surface area (Å²) < 4.78 is 66.4. The predicted octanol–water partition coefficient (Wildman–Crippen LogP) is 5.30. The van der Waals surface area contributed by atoms with Crippen LogP contribution in [0.15, 0.2) is 88.8 Å². The summed E-state index contributed by atoms with van der Waals surface area (Å²) in [6.07, 6.45) is 6.47. The number of benzene rings is 2. The number of rotatable bonds is 8. The largest absolute Gasteiger partial charge is 0.465 e. The zero-order valence-electron chi connectivity index (χ0n) is 22.0. The van der Waals surface area contributed by atoms with Crippen LogP contribution in [-0.4, -0.2) is 38.9 Å². The van der Waals surface area contributed by atoms with Gasteiger partial charge in [0.15, 0.2) is 11.4 Å². The molecule has 2 heterocycles. The number of ether oxygens (including phenoxy) is 1. The third-order valence-electron chi connectivity index (χ3n) is 6.85. The fourth-order valence-corrected chi connectivity index (χ4v) is 7.21. The summed E-state index contributed by atoms with van der Waals surface area (Å²) in [5.41, 5.74) is 0.990. The number of hydrogen-bond acceptors (Lipinski definition) is 8. The first-order valence-corrected chi connectivity index (χ1v) is 15.6. The van der Waals surface area contributed by atoms with Crippen molar-refractivity contribution in [2.24, 2.45) is 5.92 Å². The van der Waals surface area contributed by atoms with Crippen LogP contribution in [-0.2, 0) is 29.1 Å². The van der Waals surface area contributed by atoms with E-state index in [1.54, 1.807) is 36.4 Å². The van der Waals surface area contributed by atoms with Gasteiger partial charge in [-0.25, -0.2) is 22.2 Å². The minimum absolute atomic E-state index is 0.00676. The molecule has 40 heavy (non-hydrogen) atoms. The van der Waals surface area contributed by atoms with Crippen LogP contribution in [0, 0.1) is 12.8 Å². The van der Waals surface area contributed by atoms with Gasteiger partial charge in [-0.15, -0.1) is 0 Å². The fourth-order valence-electron chi connectivity index (χ4n) is 4.78. The van der Waals surface area contributed by atoms with Crippen molar-refractivity contribution in [3.8, 4) is 0 Å². The van der Waals surface area contributed by atoms with Crippen LogP contribution >= 0.6 is 0 Å². The zero-order chi connectivity index (χ0) is 28.5. The summed E-state index contributed by atoms with van der Waals surface area (Å²) in [5.74, 6) is -0.771. The molecule has 0 spiro atoms. The molecule has 0 N–H and O–H groups in total. The highest BCUT2D eigenvalue weighted by Crippen LogP contribution is 2.35. The van der Waals surface area contributed by atoms with Gasteiger partial charge in [0.2, 0.25) is 0 Å². The van der Waals surface area contributed by atoms with Crippen LogP contribution in [0.4, 0.5) is 0 Å². The lowest BCUT2D eigenvalue weighted by molar-refractivity contribution is 0.0600. The van der Waals surface area contributed by atoms with Crippen LogP contribution in [0.3, 0.4) is 0 Å². The molecule has 0 atom stereocenters. The molecule has 1 saturated carbocycles. The highest BCUT2D eigenvalue weighted by Gasteiger charge is 2.30. The average Bonchev–Trinajstić information content (AvgIpc) is 3.60. The Balaban J connectivity index is 1.75. The molecule has 2 aromatic carbocycles. The number of fused-ring (bicyclic) bond motifs is 1. The predicted molar refractivity (Wildman–Crippen MR) is 149 cm³/mol. The molecule has 4 aromatic rings. The van der Waals surface area contributed by atoms with Gasteiger partial charge >= 0.3 is 16.1 Å². The van der Waals surface area contributed by atoms with Gasteiger partial charge in [0.25, 0.3) is 10.0 Å². The molecule has 208 valence electrons. The van der Waals surface area contributed by atoms with E-state index >= 15 is 0 Å². The van der Waals surface area contributed by atoms with Gasteiger partial charge in [0.05, 0.1) is 17.6 Å². The SMILES string of the molecule is COC(=O)c1cnc2c(c1)cc(/C(=C/C1CCCC1)OS(=O)(=O)c1ccc(C)cc1)n2S(=O)(=O)c1ccccc1. The summed E-state index contributed by atoms with van der Waals surface area (Å²) in [7, 11) is -7.37. The molecule has 1 aliphatic carbocycles. The first-order valence-electron chi connectivity index (χ1n) is 12.7. The number of carbonyl (C=O) groups is 1. The third kappa shape index (κ3) is 5.39. The number of methoxy groups -OCH3 is 1. The van der Waals surface area contributed by atoms with Gasteiger partial charge in [-0.2, -0.15) is 8.42 Å². The van der Waals surface area contributed by atoms with E-state index < -0.39 is 26.1 Å². The molecule has 0 amide bonds. The molecule has 9 nitrogen and oxygen atoms in total. The summed E-state index contributed by atoms with van der Waals surface area (Å²) >= 11 is 0. The Morgan fingerprint density at radius 3 is 2.27 bits per heavy atom. The lowest BCUT2D eigenvalue weighted by atomic mass is 10.1. The van der Waals surface area contributed by atoms with E-state index in [9.17, 15) is 21.6 Å². The molecule has 5 rings (SSSR count). The molecule has 0 unspecified atom stereocenters. The summed E-state index contributed by atoms with van der Waals surface area (Å²) in [6.45, 7) is 1.84. The maximum Gasteiger partial charge on any atom is 0.339 e. The Labute approximate surface area is 233 Å². The quantitative estimate of drug-likeness (QED) is 0.156. The topological polar surface area (TPSA) is 122 Å². The summed E-state index contributed by atoms with van der Waals surface area (Å²) in [4.78, 5) is 16.4. The highest BCUT2D eigenvalue weighted by atomic mass is 32.2. The molecule has 0 radical (unpaired) electrons. The molecular weight excluding hydrogens is 552 g/mol. The number of allylic oxidation sites excluding steroid dienone is 1. The maximum absolute atomic E-state index is 14.0. The number of carbonyl (C=O) groups excluding carboxylic acids is 1. The van der Waals surface area contributed by atoms with E-state index in [2.05, 4.69) is 4.98 Å². The van der Waals surface area contributed by atoms with E-state index in [0.29, 0.717) is 5.39 Å². The van der Waals surface area contributed by atoms with Gasteiger partial charge in [-0.1, -0.05) is 48.7 Å². The third-order valence-corrected chi connectivity index (χ3v) is 9.82. The van der Waals surface area contributed by atoms with Gasteiger partial charge in [0, 0.05) is 11.6 Å². The van der Waals surface area contributed by atoms with E-state index in [1.807, 2.05) is 6.92 Å². The van der Waals surface area contributed by atoms with Gasteiger partial charge < -0.3 is 8.92 Å². The highest BCUT2D eigenvalue weighted by molar-refractivity contribution is 7.90. The number of esters is 1. The summed E-state index contributed by atoms with van der Waals surface area (Å²) in [5, 5.41) is 0.297. The molecule has 11 heteroatoms. The normalized spacial score (nSPS) is 14.9. The second kappa shape index (κ2) is 10.9. The lowest BCUT2D eigenvalue weighted by Gasteiger charge is -2.16. The van der Waals surface area contributed by atoms with Crippen LogP contribution < -0.4 is 0 Å². The van der Waals surface area contributed by atoms with Crippen LogP contribution in [0.25, 0.3) is 16.8 Å². The number of aryl methyl sites for hydroxylation is 1. The zero-order valence-corrected chi connectivity index (χ0v) is 23.6. The number of nitrogens with zero attached hydrogens (tertiary/aromatic N) is 2. The van der Waals surface area contributed by atoms with Crippen molar-refractivity contribution in [3.63, 3.8) is 0 Å². The summed E-state index contributed by atoms with van der Waals surface area (Å²) in [6, 6.07) is 16.9. The molecule has 0 aliphatic heterocycles. The molecule has 1 aliphatic rings. The molecule has 1 fully saturated rings. The first-order chi connectivity index (χ1) is 19.1. The Kier molecular flexibility index (Phi) is 7.52. The van der Waals surface area contributed by atoms with Crippen LogP contribution in [0.1, 0.15) is 47.3 Å². The Bertz CT molecular complexity index is 1800. The van der Waals surface area contributed by atoms with Crippen molar-refractivity contribution in [2.45, 2.75) is 42.4 Å². The monoisotopic (exact) mass is 580 g/mol. The molecular formula is C29H28N2O7S2. The van der Waals surface area contributed by atoms with E-state index in [1.165, 1.54) is 49.7 Å². The lowest BCUT2D eigenvalue weighted by Crippen LogP contribution is -2.18. The number of pyridine rings is 1. The second-order valence-corrected chi connectivity index (χ2v) is 13.0. The molecule has 0 saturated heterocycles. The Hall–Kier alpha value is -3.96. The minimum atomic E-state index is -4.33. The van der Waals surface area contributed by atoms with Crippen molar-refractivity contribution in [3.05, 3.63) is 95.8 Å². The number of hydrogen-bond donors (Lipinski definition) is 0. The van der Waals surface area contributed by atoms with Crippen molar-refractivity contribution in [1.29, 1.82) is 0 Å². The van der Waals surface area contributed by atoms with Gasteiger partial charge in [-0.3, -0.25) is 0 Å².